The molecular weight excluding hydrogens is 342 g/mol. The van der Waals surface area contributed by atoms with Crippen LogP contribution in [0.2, 0.25) is 0 Å². The van der Waals surface area contributed by atoms with Crippen molar-refractivity contribution in [1.29, 1.82) is 0 Å². The number of rotatable bonds is 5. The standard InChI is InChI=1S/C19H25N7O/c1-3-25-16-14-21-26(19(16)15(2)22-25)9-7-18(27)24-12-10-23(11-13-24)17-6-4-5-8-20-17/h4-6,8,14H,3,7,9-13H2,1-2H3. The molecule has 0 aromatic carbocycles. The quantitative estimate of drug-likeness (QED) is 0.686. The first-order valence-electron chi connectivity index (χ1n) is 9.50. The average molecular weight is 367 g/mol. The van der Waals surface area contributed by atoms with Gasteiger partial charge in [-0.15, -0.1) is 0 Å². The van der Waals surface area contributed by atoms with Crippen molar-refractivity contribution in [1.82, 2.24) is 29.4 Å². The Hall–Kier alpha value is -2.90. The van der Waals surface area contributed by atoms with Gasteiger partial charge in [0.25, 0.3) is 0 Å². The summed E-state index contributed by atoms with van der Waals surface area (Å²) in [5.74, 6) is 1.16. The van der Waals surface area contributed by atoms with E-state index < -0.39 is 0 Å². The maximum absolute atomic E-state index is 12.6. The molecule has 3 aromatic rings. The van der Waals surface area contributed by atoms with Crippen LogP contribution in [0.3, 0.4) is 0 Å². The van der Waals surface area contributed by atoms with Crippen LogP contribution in [0.1, 0.15) is 19.0 Å². The SMILES string of the molecule is CCn1nc(C)c2c1cnn2CCC(=O)N1CCN(c2ccccn2)CC1. The zero-order valence-corrected chi connectivity index (χ0v) is 15.9. The number of piperazine rings is 1. The fourth-order valence-corrected chi connectivity index (χ4v) is 3.71. The molecule has 0 saturated carbocycles. The molecule has 27 heavy (non-hydrogen) atoms. The maximum atomic E-state index is 12.6. The third-order valence-electron chi connectivity index (χ3n) is 5.15. The number of aryl methyl sites for hydroxylation is 3. The molecule has 8 nitrogen and oxygen atoms in total. The van der Waals surface area contributed by atoms with E-state index in [1.165, 1.54) is 0 Å². The van der Waals surface area contributed by atoms with Gasteiger partial charge >= 0.3 is 0 Å². The van der Waals surface area contributed by atoms with Crippen LogP contribution in [-0.4, -0.2) is 61.5 Å². The van der Waals surface area contributed by atoms with Gasteiger partial charge in [-0.2, -0.15) is 10.2 Å². The third-order valence-corrected chi connectivity index (χ3v) is 5.15. The molecule has 1 aliphatic rings. The molecule has 0 N–H and O–H groups in total. The second-order valence-corrected chi connectivity index (χ2v) is 6.81. The van der Waals surface area contributed by atoms with E-state index in [-0.39, 0.29) is 5.91 Å². The van der Waals surface area contributed by atoms with Crippen molar-refractivity contribution in [2.75, 3.05) is 31.1 Å². The van der Waals surface area contributed by atoms with Crippen molar-refractivity contribution in [3.8, 4) is 0 Å². The average Bonchev–Trinajstić information content (AvgIpc) is 3.28. The van der Waals surface area contributed by atoms with Gasteiger partial charge in [-0.1, -0.05) is 6.07 Å². The van der Waals surface area contributed by atoms with Gasteiger partial charge in [-0.3, -0.25) is 14.2 Å². The second kappa shape index (κ2) is 7.38. The van der Waals surface area contributed by atoms with Crippen LogP contribution in [0.5, 0.6) is 0 Å². The molecule has 8 heteroatoms. The molecular formula is C19H25N7O. The number of aromatic nitrogens is 5. The highest BCUT2D eigenvalue weighted by atomic mass is 16.2. The van der Waals surface area contributed by atoms with Crippen LogP contribution in [-0.2, 0) is 17.9 Å². The number of carbonyl (C=O) groups excluding carboxylic acids is 1. The number of carbonyl (C=O) groups is 1. The van der Waals surface area contributed by atoms with Gasteiger partial charge in [0, 0.05) is 45.3 Å². The molecule has 0 aliphatic carbocycles. The van der Waals surface area contributed by atoms with Crippen molar-refractivity contribution >= 4 is 22.8 Å². The summed E-state index contributed by atoms with van der Waals surface area (Å²) < 4.78 is 3.86. The predicted octanol–water partition coefficient (Wildman–Crippen LogP) is 1.70. The van der Waals surface area contributed by atoms with Crippen LogP contribution in [0.25, 0.3) is 11.0 Å². The summed E-state index contributed by atoms with van der Waals surface area (Å²) in [5, 5.41) is 8.99. The number of fused-ring (bicyclic) bond motifs is 1. The minimum absolute atomic E-state index is 0.180. The molecule has 4 rings (SSSR count). The molecule has 142 valence electrons. The lowest BCUT2D eigenvalue weighted by molar-refractivity contribution is -0.131. The molecule has 1 fully saturated rings. The van der Waals surface area contributed by atoms with Gasteiger partial charge in [0.05, 0.1) is 18.4 Å². The Morgan fingerprint density at radius 1 is 1.15 bits per heavy atom. The van der Waals surface area contributed by atoms with Gasteiger partial charge in [0.15, 0.2) is 0 Å². The molecule has 1 amide bonds. The van der Waals surface area contributed by atoms with Crippen molar-refractivity contribution < 1.29 is 4.79 Å². The van der Waals surface area contributed by atoms with Crippen LogP contribution in [0, 0.1) is 6.92 Å². The zero-order valence-electron chi connectivity index (χ0n) is 15.9. The Bertz CT molecular complexity index is 922. The van der Waals surface area contributed by atoms with Crippen molar-refractivity contribution in [3.63, 3.8) is 0 Å². The molecule has 0 unspecified atom stereocenters. The van der Waals surface area contributed by atoms with Crippen LogP contribution in [0.15, 0.2) is 30.6 Å². The summed E-state index contributed by atoms with van der Waals surface area (Å²) in [6.45, 7) is 8.55. The van der Waals surface area contributed by atoms with Crippen LogP contribution >= 0.6 is 0 Å². The lowest BCUT2D eigenvalue weighted by Crippen LogP contribution is -2.49. The molecule has 1 aliphatic heterocycles. The molecule has 0 atom stereocenters. The van der Waals surface area contributed by atoms with E-state index in [4.69, 9.17) is 0 Å². The van der Waals surface area contributed by atoms with E-state index >= 15 is 0 Å². The lowest BCUT2D eigenvalue weighted by atomic mass is 10.2. The lowest BCUT2D eigenvalue weighted by Gasteiger charge is -2.35. The van der Waals surface area contributed by atoms with Gasteiger partial charge in [-0.25, -0.2) is 4.98 Å². The van der Waals surface area contributed by atoms with E-state index in [1.54, 1.807) is 6.20 Å². The van der Waals surface area contributed by atoms with Crippen molar-refractivity contribution in [3.05, 3.63) is 36.3 Å². The van der Waals surface area contributed by atoms with Gasteiger partial charge < -0.3 is 9.80 Å². The van der Waals surface area contributed by atoms with Gasteiger partial charge in [0.1, 0.15) is 16.9 Å². The first-order valence-corrected chi connectivity index (χ1v) is 9.50. The Labute approximate surface area is 158 Å². The molecule has 1 saturated heterocycles. The summed E-state index contributed by atoms with van der Waals surface area (Å²) in [4.78, 5) is 21.2. The van der Waals surface area contributed by atoms with Crippen molar-refractivity contribution in [2.45, 2.75) is 33.4 Å². The van der Waals surface area contributed by atoms with E-state index in [1.807, 2.05) is 45.6 Å². The summed E-state index contributed by atoms with van der Waals surface area (Å²) in [6.07, 6.45) is 4.10. The van der Waals surface area contributed by atoms with E-state index in [9.17, 15) is 4.79 Å². The second-order valence-electron chi connectivity index (χ2n) is 6.81. The van der Waals surface area contributed by atoms with Crippen LogP contribution < -0.4 is 4.90 Å². The highest BCUT2D eigenvalue weighted by Crippen LogP contribution is 2.18. The van der Waals surface area contributed by atoms with E-state index in [0.717, 1.165) is 55.3 Å². The Morgan fingerprint density at radius 2 is 1.96 bits per heavy atom. The Morgan fingerprint density at radius 3 is 2.67 bits per heavy atom. The number of anilines is 1. The monoisotopic (exact) mass is 367 g/mol. The highest BCUT2D eigenvalue weighted by Gasteiger charge is 2.22. The zero-order chi connectivity index (χ0) is 18.8. The topological polar surface area (TPSA) is 72.1 Å². The first-order chi connectivity index (χ1) is 13.2. The van der Waals surface area contributed by atoms with Crippen molar-refractivity contribution in [2.24, 2.45) is 0 Å². The third kappa shape index (κ3) is 3.39. The largest absolute Gasteiger partial charge is 0.353 e. The fraction of sp³-hybridized carbons (Fsp3) is 0.474. The smallest absolute Gasteiger partial charge is 0.224 e. The number of amides is 1. The molecule has 0 spiro atoms. The highest BCUT2D eigenvalue weighted by molar-refractivity contribution is 5.79. The Balaban J connectivity index is 1.35. The van der Waals surface area contributed by atoms with E-state index in [2.05, 4.69) is 27.0 Å². The fourth-order valence-electron chi connectivity index (χ4n) is 3.71. The normalized spacial score (nSPS) is 14.9. The Kier molecular flexibility index (Phi) is 4.79. The first kappa shape index (κ1) is 17.5. The van der Waals surface area contributed by atoms with E-state index in [0.29, 0.717) is 13.0 Å². The minimum atomic E-state index is 0.180. The number of nitrogens with zero attached hydrogens (tertiary/aromatic N) is 7. The summed E-state index contributed by atoms with van der Waals surface area (Å²) in [7, 11) is 0. The van der Waals surface area contributed by atoms with Gasteiger partial charge in [-0.05, 0) is 26.0 Å². The number of hydrogen-bond donors (Lipinski definition) is 0. The number of pyridine rings is 1. The molecule has 4 heterocycles. The maximum Gasteiger partial charge on any atom is 0.224 e. The predicted molar refractivity (Wildman–Crippen MR) is 104 cm³/mol. The van der Waals surface area contributed by atoms with Gasteiger partial charge in [0.2, 0.25) is 5.91 Å². The summed E-state index contributed by atoms with van der Waals surface area (Å²) in [5.41, 5.74) is 3.02. The molecule has 3 aromatic heterocycles. The molecule has 0 radical (unpaired) electrons. The summed E-state index contributed by atoms with van der Waals surface area (Å²) >= 11 is 0. The summed E-state index contributed by atoms with van der Waals surface area (Å²) in [6, 6.07) is 5.92. The number of hydrogen-bond acceptors (Lipinski definition) is 5. The molecule has 0 bridgehead atoms. The minimum Gasteiger partial charge on any atom is -0.353 e. The van der Waals surface area contributed by atoms with Crippen LogP contribution in [0.4, 0.5) is 5.82 Å².